The Bertz CT molecular complexity index is 482. The Morgan fingerprint density at radius 1 is 1.00 bits per heavy atom. The van der Waals surface area contributed by atoms with E-state index in [1.165, 1.54) is 0 Å². The van der Waals surface area contributed by atoms with E-state index in [2.05, 4.69) is 12.1 Å². The van der Waals surface area contributed by atoms with E-state index in [0.717, 1.165) is 10.5 Å². The summed E-state index contributed by atoms with van der Waals surface area (Å²) >= 11 is 7.55. The molecule has 1 N–H and O–H groups in total. The van der Waals surface area contributed by atoms with Gasteiger partial charge in [-0.15, -0.1) is 11.8 Å². The van der Waals surface area contributed by atoms with Crippen LogP contribution in [-0.4, -0.2) is 11.2 Å². The van der Waals surface area contributed by atoms with Gasteiger partial charge in [-0.1, -0.05) is 41.9 Å². The number of aliphatic hydroxyl groups excluding tert-OH is 1. The van der Waals surface area contributed by atoms with Gasteiger partial charge in [0, 0.05) is 9.92 Å². The van der Waals surface area contributed by atoms with Gasteiger partial charge < -0.3 is 5.11 Å². The number of hydrogen-bond donors (Lipinski definition) is 1. The van der Waals surface area contributed by atoms with Crippen LogP contribution in [0.25, 0.3) is 0 Å². The minimum Gasteiger partial charge on any atom is -0.392 e. The van der Waals surface area contributed by atoms with E-state index in [0.29, 0.717) is 5.02 Å². The third-order valence-corrected chi connectivity index (χ3v) is 4.36. The summed E-state index contributed by atoms with van der Waals surface area (Å²) in [5, 5.41) is 10.7. The Kier molecular flexibility index (Phi) is 4.70. The number of rotatable bonds is 4. The predicted molar refractivity (Wildman–Crippen MR) is 78.2 cm³/mol. The standard InChI is InChI=1S/C15H15ClOS/c1-11(17)15(12-7-9-13(16)10-8-12)18-14-5-3-2-4-6-14/h2-11,15,17H,1H3/t11-,15+/m1/s1. The van der Waals surface area contributed by atoms with Crippen molar-refractivity contribution < 1.29 is 5.11 Å². The summed E-state index contributed by atoms with van der Waals surface area (Å²) in [6, 6.07) is 17.8. The van der Waals surface area contributed by atoms with Crippen molar-refractivity contribution in [2.75, 3.05) is 0 Å². The van der Waals surface area contributed by atoms with Gasteiger partial charge in [0.15, 0.2) is 0 Å². The fourth-order valence-electron chi connectivity index (χ4n) is 1.74. The van der Waals surface area contributed by atoms with Gasteiger partial charge in [-0.25, -0.2) is 0 Å². The lowest BCUT2D eigenvalue weighted by Gasteiger charge is -2.20. The minimum atomic E-state index is -0.420. The van der Waals surface area contributed by atoms with Gasteiger partial charge in [0.25, 0.3) is 0 Å². The van der Waals surface area contributed by atoms with Crippen molar-refractivity contribution in [3.05, 3.63) is 65.2 Å². The molecule has 0 spiro atoms. The Morgan fingerprint density at radius 3 is 2.17 bits per heavy atom. The molecule has 2 rings (SSSR count). The first kappa shape index (κ1) is 13.5. The van der Waals surface area contributed by atoms with Crippen LogP contribution >= 0.6 is 23.4 Å². The van der Waals surface area contributed by atoms with Crippen molar-refractivity contribution in [2.24, 2.45) is 0 Å². The second-order valence-corrected chi connectivity index (χ2v) is 5.80. The molecular weight excluding hydrogens is 264 g/mol. The van der Waals surface area contributed by atoms with Gasteiger partial charge >= 0.3 is 0 Å². The molecule has 0 saturated heterocycles. The molecule has 2 aromatic carbocycles. The fourth-order valence-corrected chi connectivity index (χ4v) is 2.97. The first-order chi connectivity index (χ1) is 8.66. The van der Waals surface area contributed by atoms with Crippen LogP contribution in [0, 0.1) is 0 Å². The van der Waals surface area contributed by atoms with Gasteiger partial charge in [-0.3, -0.25) is 0 Å². The topological polar surface area (TPSA) is 20.2 Å². The highest BCUT2D eigenvalue weighted by molar-refractivity contribution is 7.99. The van der Waals surface area contributed by atoms with E-state index in [9.17, 15) is 5.11 Å². The molecule has 3 heteroatoms. The molecule has 94 valence electrons. The zero-order valence-electron chi connectivity index (χ0n) is 10.1. The average molecular weight is 279 g/mol. The van der Waals surface area contributed by atoms with Crippen LogP contribution in [0.15, 0.2) is 59.5 Å². The molecule has 0 aromatic heterocycles. The highest BCUT2D eigenvalue weighted by Crippen LogP contribution is 2.37. The van der Waals surface area contributed by atoms with Crippen LogP contribution in [0.2, 0.25) is 5.02 Å². The van der Waals surface area contributed by atoms with Gasteiger partial charge in [0.05, 0.1) is 11.4 Å². The molecule has 0 saturated carbocycles. The number of thioether (sulfide) groups is 1. The Balaban J connectivity index is 2.21. The molecule has 0 aliphatic heterocycles. The maximum Gasteiger partial charge on any atom is 0.0675 e. The van der Waals surface area contributed by atoms with Crippen molar-refractivity contribution in [1.82, 2.24) is 0 Å². The Hall–Kier alpha value is -0.960. The molecule has 18 heavy (non-hydrogen) atoms. The van der Waals surface area contributed by atoms with Crippen LogP contribution < -0.4 is 0 Å². The first-order valence-electron chi connectivity index (χ1n) is 5.82. The molecule has 0 aliphatic rings. The maximum atomic E-state index is 9.94. The monoisotopic (exact) mass is 278 g/mol. The summed E-state index contributed by atoms with van der Waals surface area (Å²) in [5.74, 6) is 0. The summed E-state index contributed by atoms with van der Waals surface area (Å²) in [6.45, 7) is 1.81. The fraction of sp³-hybridized carbons (Fsp3) is 0.200. The minimum absolute atomic E-state index is 0.0182. The highest BCUT2D eigenvalue weighted by Gasteiger charge is 2.18. The lowest BCUT2D eigenvalue weighted by Crippen LogP contribution is -2.11. The molecule has 1 nitrogen and oxygen atoms in total. The number of halogens is 1. The van der Waals surface area contributed by atoms with Crippen LogP contribution in [0.1, 0.15) is 17.7 Å². The van der Waals surface area contributed by atoms with Crippen LogP contribution in [0.3, 0.4) is 0 Å². The maximum absolute atomic E-state index is 9.94. The SMILES string of the molecule is C[C@@H](O)[C@H](Sc1ccccc1)c1ccc(Cl)cc1. The van der Waals surface area contributed by atoms with Crippen LogP contribution in [0.5, 0.6) is 0 Å². The van der Waals surface area contributed by atoms with E-state index >= 15 is 0 Å². The number of aliphatic hydroxyl groups is 1. The third-order valence-electron chi connectivity index (χ3n) is 2.64. The van der Waals surface area contributed by atoms with E-state index < -0.39 is 6.10 Å². The molecule has 0 fully saturated rings. The average Bonchev–Trinajstić information content (AvgIpc) is 2.38. The number of benzene rings is 2. The molecule has 0 aliphatic carbocycles. The Labute approximate surface area is 117 Å². The molecule has 0 heterocycles. The molecule has 0 unspecified atom stereocenters. The normalized spacial score (nSPS) is 14.2. The molecular formula is C15H15ClOS. The van der Waals surface area contributed by atoms with E-state index in [4.69, 9.17) is 11.6 Å². The van der Waals surface area contributed by atoms with Crippen molar-refractivity contribution in [3.63, 3.8) is 0 Å². The molecule has 0 amide bonds. The zero-order valence-corrected chi connectivity index (χ0v) is 11.7. The molecule has 0 radical (unpaired) electrons. The second-order valence-electron chi connectivity index (χ2n) is 4.14. The van der Waals surface area contributed by atoms with Crippen molar-refractivity contribution in [1.29, 1.82) is 0 Å². The first-order valence-corrected chi connectivity index (χ1v) is 7.08. The largest absolute Gasteiger partial charge is 0.392 e. The lowest BCUT2D eigenvalue weighted by molar-refractivity contribution is 0.192. The summed E-state index contributed by atoms with van der Waals surface area (Å²) in [7, 11) is 0. The molecule has 0 bridgehead atoms. The quantitative estimate of drug-likeness (QED) is 0.828. The smallest absolute Gasteiger partial charge is 0.0675 e. The van der Waals surface area contributed by atoms with Gasteiger partial charge in [-0.05, 0) is 36.8 Å². The van der Waals surface area contributed by atoms with Crippen molar-refractivity contribution in [2.45, 2.75) is 23.2 Å². The van der Waals surface area contributed by atoms with Crippen molar-refractivity contribution >= 4 is 23.4 Å². The van der Waals surface area contributed by atoms with Crippen LogP contribution in [-0.2, 0) is 0 Å². The van der Waals surface area contributed by atoms with Crippen molar-refractivity contribution in [3.8, 4) is 0 Å². The molecule has 2 aromatic rings. The van der Waals surface area contributed by atoms with E-state index in [1.807, 2.05) is 49.4 Å². The zero-order chi connectivity index (χ0) is 13.0. The lowest BCUT2D eigenvalue weighted by atomic mass is 10.1. The predicted octanol–water partition coefficient (Wildman–Crippen LogP) is 4.55. The van der Waals surface area contributed by atoms with Gasteiger partial charge in [-0.2, -0.15) is 0 Å². The summed E-state index contributed by atoms with van der Waals surface area (Å²) in [6.07, 6.45) is -0.420. The van der Waals surface area contributed by atoms with E-state index in [1.54, 1.807) is 11.8 Å². The van der Waals surface area contributed by atoms with Crippen LogP contribution in [0.4, 0.5) is 0 Å². The van der Waals surface area contributed by atoms with Gasteiger partial charge in [0.2, 0.25) is 0 Å². The third kappa shape index (κ3) is 3.52. The van der Waals surface area contributed by atoms with Gasteiger partial charge in [0.1, 0.15) is 0 Å². The second kappa shape index (κ2) is 6.28. The molecule has 2 atom stereocenters. The summed E-state index contributed by atoms with van der Waals surface area (Å²) in [4.78, 5) is 1.15. The summed E-state index contributed by atoms with van der Waals surface area (Å²) < 4.78 is 0. The Morgan fingerprint density at radius 2 is 1.61 bits per heavy atom. The van der Waals surface area contributed by atoms with E-state index in [-0.39, 0.29) is 5.25 Å². The highest BCUT2D eigenvalue weighted by atomic mass is 35.5. The number of hydrogen-bond acceptors (Lipinski definition) is 2. The summed E-state index contributed by atoms with van der Waals surface area (Å²) in [5.41, 5.74) is 1.09.